The molecule has 7 unspecified atom stereocenters. The topological polar surface area (TPSA) is 56.4 Å². The van der Waals surface area contributed by atoms with Crippen LogP contribution in [-0.2, 0) is 4.79 Å². The monoisotopic (exact) mass is 372 g/mol. The first-order chi connectivity index (χ1) is 13.2. The molecule has 0 radical (unpaired) electrons. The maximum absolute atomic E-state index is 13.4. The number of nitrogens with one attached hydrogen (secondary N) is 3. The van der Waals surface area contributed by atoms with Gasteiger partial charge in [0.15, 0.2) is 0 Å². The van der Waals surface area contributed by atoms with Gasteiger partial charge in [0.1, 0.15) is 0 Å². The number of carbonyl (C=O) groups excluding carboxylic acids is 1. The van der Waals surface area contributed by atoms with Crippen molar-refractivity contribution in [3.8, 4) is 0 Å². The third kappa shape index (κ3) is 2.50. The highest BCUT2D eigenvalue weighted by molar-refractivity contribution is 5.82. The first-order valence-corrected chi connectivity index (χ1v) is 11.7. The lowest BCUT2D eigenvalue weighted by Crippen LogP contribution is -2.65. The molecule has 7 rings (SSSR count). The van der Waals surface area contributed by atoms with Crippen molar-refractivity contribution in [3.63, 3.8) is 0 Å². The summed E-state index contributed by atoms with van der Waals surface area (Å²) in [5.41, 5.74) is 7.81. The van der Waals surface area contributed by atoms with Gasteiger partial charge in [0.25, 0.3) is 0 Å². The fourth-order valence-corrected chi connectivity index (χ4v) is 7.95. The normalized spacial score (nSPS) is 53.3. The number of piperidine rings is 1. The molecule has 3 saturated heterocycles. The molecule has 3 aliphatic heterocycles. The van der Waals surface area contributed by atoms with Gasteiger partial charge in [-0.25, -0.2) is 0 Å². The van der Waals surface area contributed by atoms with Crippen molar-refractivity contribution >= 4 is 5.91 Å². The van der Waals surface area contributed by atoms with Gasteiger partial charge in [0.2, 0.25) is 5.91 Å². The predicted molar refractivity (Wildman–Crippen MR) is 105 cm³/mol. The number of rotatable bonds is 3. The molecule has 4 aliphatic carbocycles. The second-order valence-corrected chi connectivity index (χ2v) is 10.8. The molecule has 3 N–H and O–H groups in total. The van der Waals surface area contributed by atoms with Crippen LogP contribution in [0.4, 0.5) is 0 Å². The van der Waals surface area contributed by atoms with Gasteiger partial charge in [0.05, 0.1) is 6.04 Å². The van der Waals surface area contributed by atoms with Crippen molar-refractivity contribution in [2.75, 3.05) is 13.1 Å². The summed E-state index contributed by atoms with van der Waals surface area (Å²) in [5.74, 6) is 3.59. The van der Waals surface area contributed by atoms with Gasteiger partial charge in [-0.2, -0.15) is 0 Å². The van der Waals surface area contributed by atoms with Crippen LogP contribution >= 0.6 is 0 Å². The van der Waals surface area contributed by atoms with E-state index in [1.807, 2.05) is 0 Å². The zero-order chi connectivity index (χ0) is 18.2. The van der Waals surface area contributed by atoms with Gasteiger partial charge < -0.3 is 10.2 Å². The maximum atomic E-state index is 13.4. The number of carbonyl (C=O) groups is 1. The molecule has 0 aromatic carbocycles. The van der Waals surface area contributed by atoms with E-state index in [4.69, 9.17) is 0 Å². The minimum Gasteiger partial charge on any atom is -0.341 e. The molecule has 1 amide bonds. The van der Waals surface area contributed by atoms with Gasteiger partial charge >= 0.3 is 0 Å². The van der Waals surface area contributed by atoms with Crippen LogP contribution in [0, 0.1) is 29.1 Å². The zero-order valence-electron chi connectivity index (χ0n) is 16.8. The second kappa shape index (κ2) is 6.17. The van der Waals surface area contributed by atoms with Crippen LogP contribution in [0.2, 0.25) is 0 Å². The van der Waals surface area contributed by atoms with Gasteiger partial charge in [-0.05, 0) is 61.7 Å². The summed E-state index contributed by atoms with van der Waals surface area (Å²) in [6, 6.07) is 1.83. The van der Waals surface area contributed by atoms with E-state index in [1.54, 1.807) is 0 Å². The molecule has 4 saturated carbocycles. The molecule has 5 nitrogen and oxygen atoms in total. The van der Waals surface area contributed by atoms with Crippen molar-refractivity contribution in [1.29, 1.82) is 0 Å². The van der Waals surface area contributed by atoms with E-state index >= 15 is 0 Å². The van der Waals surface area contributed by atoms with E-state index in [9.17, 15) is 4.79 Å². The van der Waals surface area contributed by atoms with Gasteiger partial charge in [-0.15, -0.1) is 0 Å². The molecule has 0 aromatic rings. The van der Waals surface area contributed by atoms with E-state index in [1.165, 1.54) is 44.9 Å². The van der Waals surface area contributed by atoms with Crippen LogP contribution in [0.15, 0.2) is 0 Å². The predicted octanol–water partition coefficient (Wildman–Crippen LogP) is 2.04. The number of hydrogen-bond donors (Lipinski definition) is 3. The SMILES string of the molecule is CCC1CCCC2NC(C(=O)N3CCC4NNC(C56CC(C5)C6)C4C3)CC12. The van der Waals surface area contributed by atoms with Crippen molar-refractivity contribution in [2.24, 2.45) is 29.1 Å². The Kier molecular flexibility index (Phi) is 3.94. The summed E-state index contributed by atoms with van der Waals surface area (Å²) in [6.07, 6.45) is 11.7. The molecule has 7 fully saturated rings. The van der Waals surface area contributed by atoms with Crippen LogP contribution < -0.4 is 16.2 Å². The molecular weight excluding hydrogens is 336 g/mol. The molecular formula is C22H36N4O. The summed E-state index contributed by atoms with van der Waals surface area (Å²) in [5, 5.41) is 3.76. The van der Waals surface area contributed by atoms with Gasteiger partial charge in [-0.1, -0.05) is 26.2 Å². The molecule has 27 heavy (non-hydrogen) atoms. The number of fused-ring (bicyclic) bond motifs is 2. The standard InChI is InChI=1S/C22H36N4O/c1-2-14-4-3-5-17-15(14)8-19(23-17)21(27)26-7-6-18-16(12-26)20(25-24-18)22-9-13(10-22)11-22/h13-20,23-25H,2-12H2,1H3. The third-order valence-corrected chi connectivity index (χ3v) is 9.53. The maximum Gasteiger partial charge on any atom is 0.239 e. The molecule has 0 spiro atoms. The summed E-state index contributed by atoms with van der Waals surface area (Å²) in [7, 11) is 0. The number of nitrogens with zero attached hydrogens (tertiary/aromatic N) is 1. The highest BCUT2D eigenvalue weighted by Gasteiger charge is 2.64. The largest absolute Gasteiger partial charge is 0.341 e. The molecule has 0 aromatic heterocycles. The average molecular weight is 373 g/mol. The van der Waals surface area contributed by atoms with Crippen molar-refractivity contribution in [2.45, 2.75) is 88.9 Å². The van der Waals surface area contributed by atoms with Crippen LogP contribution in [0.3, 0.4) is 0 Å². The summed E-state index contributed by atoms with van der Waals surface area (Å²) in [4.78, 5) is 15.6. The Morgan fingerprint density at radius 1 is 1.07 bits per heavy atom. The van der Waals surface area contributed by atoms with Gasteiger partial charge in [0, 0.05) is 37.1 Å². The Hall–Kier alpha value is -0.650. The first kappa shape index (κ1) is 17.2. The molecule has 2 bridgehead atoms. The minimum atomic E-state index is 0.0828. The number of hydrogen-bond acceptors (Lipinski definition) is 4. The average Bonchev–Trinajstić information content (AvgIpc) is 3.22. The van der Waals surface area contributed by atoms with E-state index in [0.29, 0.717) is 35.4 Å². The van der Waals surface area contributed by atoms with Crippen molar-refractivity contribution in [3.05, 3.63) is 0 Å². The van der Waals surface area contributed by atoms with Gasteiger partial charge in [-0.3, -0.25) is 15.6 Å². The van der Waals surface area contributed by atoms with E-state index in [-0.39, 0.29) is 6.04 Å². The number of amides is 1. The lowest BCUT2D eigenvalue weighted by molar-refractivity contribution is -0.148. The highest BCUT2D eigenvalue weighted by Crippen LogP contribution is 2.67. The van der Waals surface area contributed by atoms with Crippen LogP contribution in [0.5, 0.6) is 0 Å². The first-order valence-electron chi connectivity index (χ1n) is 11.7. The summed E-state index contributed by atoms with van der Waals surface area (Å²) >= 11 is 0. The third-order valence-electron chi connectivity index (χ3n) is 9.53. The quantitative estimate of drug-likeness (QED) is 0.710. The zero-order valence-corrected chi connectivity index (χ0v) is 16.8. The fourth-order valence-electron chi connectivity index (χ4n) is 7.95. The Labute approximate surface area is 163 Å². The Balaban J connectivity index is 1.13. The minimum absolute atomic E-state index is 0.0828. The molecule has 150 valence electrons. The second-order valence-electron chi connectivity index (χ2n) is 10.8. The Bertz CT molecular complexity index is 606. The molecule has 7 aliphatic rings. The Morgan fingerprint density at radius 3 is 2.67 bits per heavy atom. The van der Waals surface area contributed by atoms with Crippen LogP contribution in [0.25, 0.3) is 0 Å². The van der Waals surface area contributed by atoms with Crippen LogP contribution in [-0.4, -0.2) is 48.1 Å². The van der Waals surface area contributed by atoms with Crippen LogP contribution in [0.1, 0.15) is 64.7 Å². The lowest BCUT2D eigenvalue weighted by atomic mass is 9.40. The highest BCUT2D eigenvalue weighted by atomic mass is 16.2. The smallest absolute Gasteiger partial charge is 0.239 e. The number of likely N-dealkylation sites (tertiary alicyclic amines) is 1. The van der Waals surface area contributed by atoms with E-state index in [2.05, 4.69) is 28.0 Å². The molecule has 5 heteroatoms. The van der Waals surface area contributed by atoms with Crippen molar-refractivity contribution < 1.29 is 4.79 Å². The van der Waals surface area contributed by atoms with E-state index in [0.717, 1.165) is 43.7 Å². The lowest BCUT2D eigenvalue weighted by Gasteiger charge is -2.66. The number of hydrazine groups is 1. The summed E-state index contributed by atoms with van der Waals surface area (Å²) < 4.78 is 0. The van der Waals surface area contributed by atoms with E-state index < -0.39 is 0 Å². The fraction of sp³-hybridized carbons (Fsp3) is 0.955. The Morgan fingerprint density at radius 2 is 1.93 bits per heavy atom. The van der Waals surface area contributed by atoms with Crippen molar-refractivity contribution in [1.82, 2.24) is 21.1 Å². The molecule has 7 atom stereocenters. The summed E-state index contributed by atoms with van der Waals surface area (Å²) in [6.45, 7) is 4.23. The molecule has 3 heterocycles.